The number of piperidine rings is 1. The summed E-state index contributed by atoms with van der Waals surface area (Å²) < 4.78 is 2.27. The van der Waals surface area contributed by atoms with Gasteiger partial charge in [-0.05, 0) is 51.4 Å². The molecule has 1 aliphatic rings. The summed E-state index contributed by atoms with van der Waals surface area (Å²) in [5.41, 5.74) is 4.19. The SMILES string of the molecule is CCN1CCCC(NCc2cc(C)n(C)c2C)C1. The van der Waals surface area contributed by atoms with Gasteiger partial charge in [0.25, 0.3) is 0 Å². The maximum Gasteiger partial charge on any atom is 0.0226 e. The summed E-state index contributed by atoms with van der Waals surface area (Å²) in [5, 5.41) is 3.73. The van der Waals surface area contributed by atoms with Gasteiger partial charge in [-0.2, -0.15) is 0 Å². The second-order valence-electron chi connectivity index (χ2n) is 5.57. The number of likely N-dealkylation sites (tertiary alicyclic amines) is 1. The first-order valence-electron chi connectivity index (χ1n) is 7.19. The van der Waals surface area contributed by atoms with Gasteiger partial charge in [0.2, 0.25) is 0 Å². The molecule has 0 radical (unpaired) electrons. The molecule has 0 aliphatic carbocycles. The van der Waals surface area contributed by atoms with E-state index >= 15 is 0 Å². The van der Waals surface area contributed by atoms with Crippen molar-refractivity contribution in [1.82, 2.24) is 14.8 Å². The number of aryl methyl sites for hydroxylation is 1. The van der Waals surface area contributed by atoms with Crippen molar-refractivity contribution in [2.75, 3.05) is 19.6 Å². The highest BCUT2D eigenvalue weighted by Gasteiger charge is 2.18. The average Bonchev–Trinajstić information content (AvgIpc) is 2.64. The Morgan fingerprint density at radius 2 is 2.17 bits per heavy atom. The van der Waals surface area contributed by atoms with Gasteiger partial charge in [-0.1, -0.05) is 6.92 Å². The number of aromatic nitrogens is 1. The quantitative estimate of drug-likeness (QED) is 0.883. The maximum absolute atomic E-state index is 3.73. The van der Waals surface area contributed by atoms with Crippen molar-refractivity contribution in [2.24, 2.45) is 7.05 Å². The van der Waals surface area contributed by atoms with Crippen molar-refractivity contribution < 1.29 is 0 Å². The second kappa shape index (κ2) is 5.89. The van der Waals surface area contributed by atoms with E-state index in [2.05, 4.69) is 48.7 Å². The van der Waals surface area contributed by atoms with E-state index in [9.17, 15) is 0 Å². The molecule has 102 valence electrons. The van der Waals surface area contributed by atoms with Crippen LogP contribution in [0.3, 0.4) is 0 Å². The van der Waals surface area contributed by atoms with E-state index in [0.29, 0.717) is 6.04 Å². The second-order valence-corrected chi connectivity index (χ2v) is 5.57. The molecule has 0 amide bonds. The fraction of sp³-hybridized carbons (Fsp3) is 0.733. The van der Waals surface area contributed by atoms with Crippen LogP contribution in [0.1, 0.15) is 36.7 Å². The molecule has 1 aromatic heterocycles. The molecular weight excluding hydrogens is 222 g/mol. The van der Waals surface area contributed by atoms with Crippen LogP contribution in [0, 0.1) is 13.8 Å². The van der Waals surface area contributed by atoms with E-state index in [1.807, 2.05) is 0 Å². The Bertz CT molecular complexity index is 395. The van der Waals surface area contributed by atoms with Gasteiger partial charge in [-0.15, -0.1) is 0 Å². The largest absolute Gasteiger partial charge is 0.352 e. The molecule has 1 unspecified atom stereocenters. The first kappa shape index (κ1) is 13.6. The molecule has 1 saturated heterocycles. The third kappa shape index (κ3) is 2.96. The van der Waals surface area contributed by atoms with Crippen LogP contribution in [0.5, 0.6) is 0 Å². The zero-order valence-electron chi connectivity index (χ0n) is 12.3. The van der Waals surface area contributed by atoms with Gasteiger partial charge in [-0.3, -0.25) is 0 Å². The van der Waals surface area contributed by atoms with Gasteiger partial charge >= 0.3 is 0 Å². The smallest absolute Gasteiger partial charge is 0.0226 e. The predicted molar refractivity (Wildman–Crippen MR) is 76.9 cm³/mol. The molecule has 0 bridgehead atoms. The predicted octanol–water partition coefficient (Wildman–Crippen LogP) is 2.22. The summed E-state index contributed by atoms with van der Waals surface area (Å²) in [7, 11) is 2.15. The average molecular weight is 249 g/mol. The normalized spacial score (nSPS) is 21.4. The number of nitrogens with zero attached hydrogens (tertiary/aromatic N) is 2. The standard InChI is InChI=1S/C15H27N3/c1-5-18-8-6-7-15(11-18)16-10-14-9-12(2)17(4)13(14)3/h9,15-16H,5-8,10-11H2,1-4H3. The zero-order valence-corrected chi connectivity index (χ0v) is 12.3. The molecule has 1 atom stereocenters. The van der Waals surface area contributed by atoms with E-state index in [4.69, 9.17) is 0 Å². The number of likely N-dealkylation sites (N-methyl/N-ethyl adjacent to an activating group) is 1. The third-order valence-corrected chi connectivity index (χ3v) is 4.41. The van der Waals surface area contributed by atoms with Crippen molar-refractivity contribution in [3.8, 4) is 0 Å². The van der Waals surface area contributed by atoms with E-state index in [1.54, 1.807) is 0 Å². The lowest BCUT2D eigenvalue weighted by atomic mass is 10.1. The molecule has 3 nitrogen and oxygen atoms in total. The van der Waals surface area contributed by atoms with E-state index in [1.165, 1.54) is 49.4 Å². The van der Waals surface area contributed by atoms with Crippen molar-refractivity contribution >= 4 is 0 Å². The van der Waals surface area contributed by atoms with Crippen LogP contribution in [0.25, 0.3) is 0 Å². The van der Waals surface area contributed by atoms with Gasteiger partial charge in [0.1, 0.15) is 0 Å². The van der Waals surface area contributed by atoms with Crippen LogP contribution in [-0.4, -0.2) is 35.1 Å². The highest BCUT2D eigenvalue weighted by molar-refractivity contribution is 5.26. The van der Waals surface area contributed by atoms with E-state index < -0.39 is 0 Å². The lowest BCUT2D eigenvalue weighted by Crippen LogP contribution is -2.45. The molecule has 1 N–H and O–H groups in total. The van der Waals surface area contributed by atoms with Crippen LogP contribution < -0.4 is 5.32 Å². The molecule has 0 saturated carbocycles. The molecule has 18 heavy (non-hydrogen) atoms. The number of nitrogens with one attached hydrogen (secondary N) is 1. The Morgan fingerprint density at radius 1 is 1.39 bits per heavy atom. The van der Waals surface area contributed by atoms with Gasteiger partial charge < -0.3 is 14.8 Å². The van der Waals surface area contributed by atoms with Crippen LogP contribution in [0.15, 0.2) is 6.07 Å². The highest BCUT2D eigenvalue weighted by Crippen LogP contribution is 2.15. The fourth-order valence-electron chi connectivity index (χ4n) is 2.88. The molecule has 2 rings (SSSR count). The fourth-order valence-corrected chi connectivity index (χ4v) is 2.88. The first-order valence-corrected chi connectivity index (χ1v) is 7.19. The Morgan fingerprint density at radius 3 is 2.78 bits per heavy atom. The summed E-state index contributed by atoms with van der Waals surface area (Å²) >= 11 is 0. The Balaban J connectivity index is 1.89. The first-order chi connectivity index (χ1) is 8.61. The molecule has 0 spiro atoms. The van der Waals surface area contributed by atoms with Crippen molar-refractivity contribution in [1.29, 1.82) is 0 Å². The third-order valence-electron chi connectivity index (χ3n) is 4.41. The minimum absolute atomic E-state index is 0.665. The Labute approximate surface area is 111 Å². The van der Waals surface area contributed by atoms with Crippen LogP contribution in [0.4, 0.5) is 0 Å². The molecule has 1 aromatic rings. The summed E-state index contributed by atoms with van der Waals surface area (Å²) in [4.78, 5) is 2.55. The van der Waals surface area contributed by atoms with E-state index in [0.717, 1.165) is 6.54 Å². The topological polar surface area (TPSA) is 20.2 Å². The minimum Gasteiger partial charge on any atom is -0.352 e. The summed E-state index contributed by atoms with van der Waals surface area (Å²) in [6.45, 7) is 11.3. The maximum atomic E-state index is 3.73. The molecule has 0 aromatic carbocycles. The van der Waals surface area contributed by atoms with Crippen LogP contribution in [0.2, 0.25) is 0 Å². The summed E-state index contributed by atoms with van der Waals surface area (Å²) in [6.07, 6.45) is 2.65. The lowest BCUT2D eigenvalue weighted by molar-refractivity contribution is 0.198. The van der Waals surface area contributed by atoms with Crippen molar-refractivity contribution in [2.45, 2.75) is 46.2 Å². The molecule has 1 aliphatic heterocycles. The summed E-state index contributed by atoms with van der Waals surface area (Å²) in [5.74, 6) is 0. The van der Waals surface area contributed by atoms with Gasteiger partial charge in [-0.25, -0.2) is 0 Å². The molecule has 1 fully saturated rings. The van der Waals surface area contributed by atoms with Gasteiger partial charge in [0, 0.05) is 37.6 Å². The monoisotopic (exact) mass is 249 g/mol. The number of hydrogen-bond acceptors (Lipinski definition) is 2. The number of rotatable bonds is 4. The van der Waals surface area contributed by atoms with Crippen molar-refractivity contribution in [3.63, 3.8) is 0 Å². The minimum atomic E-state index is 0.665. The van der Waals surface area contributed by atoms with Gasteiger partial charge in [0.05, 0.1) is 0 Å². The Hall–Kier alpha value is -0.800. The van der Waals surface area contributed by atoms with Crippen LogP contribution in [-0.2, 0) is 13.6 Å². The molecular formula is C15H27N3. The van der Waals surface area contributed by atoms with Gasteiger partial charge in [0.15, 0.2) is 0 Å². The molecule has 2 heterocycles. The number of hydrogen-bond donors (Lipinski definition) is 1. The van der Waals surface area contributed by atoms with E-state index in [-0.39, 0.29) is 0 Å². The highest BCUT2D eigenvalue weighted by atomic mass is 15.2. The van der Waals surface area contributed by atoms with Crippen molar-refractivity contribution in [3.05, 3.63) is 23.0 Å². The summed E-state index contributed by atoms with van der Waals surface area (Å²) in [6, 6.07) is 2.97. The zero-order chi connectivity index (χ0) is 13.1. The Kier molecular flexibility index (Phi) is 4.46. The molecule has 3 heteroatoms. The lowest BCUT2D eigenvalue weighted by Gasteiger charge is -2.32. The van der Waals surface area contributed by atoms with Crippen LogP contribution >= 0.6 is 0 Å².